The van der Waals surface area contributed by atoms with Gasteiger partial charge < -0.3 is 5.32 Å². The molecule has 2 nitrogen and oxygen atoms in total. The summed E-state index contributed by atoms with van der Waals surface area (Å²) < 4.78 is 0. The predicted molar refractivity (Wildman–Crippen MR) is 67.1 cm³/mol. The molecule has 0 bridgehead atoms. The van der Waals surface area contributed by atoms with Crippen LogP contribution in [-0.4, -0.2) is 11.9 Å². The molecule has 0 spiro atoms. The van der Waals surface area contributed by atoms with Crippen molar-refractivity contribution in [3.05, 3.63) is 0 Å². The van der Waals surface area contributed by atoms with Gasteiger partial charge in [0.2, 0.25) is 0 Å². The summed E-state index contributed by atoms with van der Waals surface area (Å²) >= 11 is 0. The van der Waals surface area contributed by atoms with Crippen LogP contribution < -0.4 is 5.32 Å². The summed E-state index contributed by atoms with van der Waals surface area (Å²) in [4.78, 5) is 0. The second-order valence-corrected chi connectivity index (χ2v) is 4.05. The van der Waals surface area contributed by atoms with Crippen LogP contribution in [0.15, 0.2) is 0 Å². The molecule has 0 amide bonds. The third-order valence-electron chi connectivity index (χ3n) is 2.54. The lowest BCUT2D eigenvalue weighted by Gasteiger charge is -2.25. The van der Waals surface area contributed by atoms with E-state index in [-0.39, 0.29) is 24.8 Å². The monoisotopic (exact) mass is 240 g/mol. The molecular formula is C10H22Cl2N2. The maximum absolute atomic E-state index is 7.67. The SMILES string of the molecule is CC(C)C(=N)NC1CCCCC1.Cl.Cl. The fourth-order valence-electron chi connectivity index (χ4n) is 1.63. The van der Waals surface area contributed by atoms with Gasteiger partial charge in [0, 0.05) is 12.0 Å². The average molecular weight is 241 g/mol. The molecule has 86 valence electrons. The quantitative estimate of drug-likeness (QED) is 0.564. The van der Waals surface area contributed by atoms with E-state index < -0.39 is 0 Å². The van der Waals surface area contributed by atoms with Gasteiger partial charge in [0.25, 0.3) is 0 Å². The van der Waals surface area contributed by atoms with Crippen molar-refractivity contribution < 1.29 is 0 Å². The first-order chi connectivity index (χ1) is 5.70. The highest BCUT2D eigenvalue weighted by molar-refractivity contribution is 5.85. The lowest BCUT2D eigenvalue weighted by atomic mass is 9.95. The standard InChI is InChI=1S/C10H20N2.2ClH/c1-8(2)10(11)12-9-6-4-3-5-7-9;;/h8-9H,3-7H2,1-2H3,(H2,11,12);2*1H. The normalized spacial score (nSPS) is 16.8. The molecule has 0 radical (unpaired) electrons. The summed E-state index contributed by atoms with van der Waals surface area (Å²) in [5, 5.41) is 11.0. The summed E-state index contributed by atoms with van der Waals surface area (Å²) in [5.74, 6) is 1.06. The Morgan fingerprint density at radius 3 is 2.07 bits per heavy atom. The molecule has 14 heavy (non-hydrogen) atoms. The Hall–Kier alpha value is 0.0500. The largest absolute Gasteiger partial charge is 0.371 e. The number of hydrogen-bond donors (Lipinski definition) is 2. The van der Waals surface area contributed by atoms with Crippen LogP contribution >= 0.6 is 24.8 Å². The van der Waals surface area contributed by atoms with Crippen LogP contribution in [0.4, 0.5) is 0 Å². The average Bonchev–Trinajstić information content (AvgIpc) is 2.06. The van der Waals surface area contributed by atoms with E-state index in [2.05, 4.69) is 19.2 Å². The van der Waals surface area contributed by atoms with Crippen LogP contribution in [0.1, 0.15) is 46.0 Å². The molecule has 1 rings (SSSR count). The molecule has 0 aromatic rings. The number of rotatable bonds is 2. The van der Waals surface area contributed by atoms with Crippen LogP contribution in [0.2, 0.25) is 0 Å². The molecule has 0 aromatic carbocycles. The van der Waals surface area contributed by atoms with Gasteiger partial charge in [-0.05, 0) is 12.8 Å². The second-order valence-electron chi connectivity index (χ2n) is 4.05. The Labute approximate surface area is 99.6 Å². The molecule has 1 saturated carbocycles. The van der Waals surface area contributed by atoms with Crippen LogP contribution in [0.3, 0.4) is 0 Å². The summed E-state index contributed by atoms with van der Waals surface area (Å²) in [6.07, 6.45) is 6.57. The van der Waals surface area contributed by atoms with Gasteiger partial charge in [0.05, 0.1) is 5.84 Å². The topological polar surface area (TPSA) is 35.9 Å². The highest BCUT2D eigenvalue weighted by atomic mass is 35.5. The minimum atomic E-state index is 0. The van der Waals surface area contributed by atoms with Crippen molar-refractivity contribution >= 4 is 30.6 Å². The van der Waals surface area contributed by atoms with Gasteiger partial charge in [-0.1, -0.05) is 33.1 Å². The summed E-state index contributed by atoms with van der Waals surface area (Å²) in [7, 11) is 0. The van der Waals surface area contributed by atoms with E-state index in [0.717, 1.165) is 0 Å². The molecule has 0 saturated heterocycles. The van der Waals surface area contributed by atoms with Crippen molar-refractivity contribution in [1.82, 2.24) is 5.32 Å². The zero-order valence-electron chi connectivity index (χ0n) is 9.01. The minimum Gasteiger partial charge on any atom is -0.371 e. The fourth-order valence-corrected chi connectivity index (χ4v) is 1.63. The first-order valence-electron chi connectivity index (χ1n) is 5.05. The van der Waals surface area contributed by atoms with Gasteiger partial charge in [-0.3, -0.25) is 5.41 Å². The first-order valence-corrected chi connectivity index (χ1v) is 5.05. The number of nitrogens with one attached hydrogen (secondary N) is 2. The van der Waals surface area contributed by atoms with Crippen molar-refractivity contribution in [3.63, 3.8) is 0 Å². The zero-order chi connectivity index (χ0) is 8.97. The van der Waals surface area contributed by atoms with Gasteiger partial charge in [-0.15, -0.1) is 24.8 Å². The van der Waals surface area contributed by atoms with Crippen LogP contribution in [0.5, 0.6) is 0 Å². The summed E-state index contributed by atoms with van der Waals surface area (Å²) in [6, 6.07) is 0.591. The molecule has 0 aliphatic heterocycles. The van der Waals surface area contributed by atoms with Gasteiger partial charge in [0.1, 0.15) is 0 Å². The Balaban J connectivity index is 0. The molecule has 0 heterocycles. The van der Waals surface area contributed by atoms with Crippen LogP contribution in [0, 0.1) is 11.3 Å². The molecule has 2 N–H and O–H groups in total. The van der Waals surface area contributed by atoms with Gasteiger partial charge >= 0.3 is 0 Å². The maximum Gasteiger partial charge on any atom is 0.0959 e. The van der Waals surface area contributed by atoms with E-state index in [0.29, 0.717) is 17.8 Å². The van der Waals surface area contributed by atoms with Gasteiger partial charge in [0.15, 0.2) is 0 Å². The maximum atomic E-state index is 7.67. The Morgan fingerprint density at radius 2 is 1.64 bits per heavy atom. The molecule has 1 fully saturated rings. The molecule has 0 atom stereocenters. The molecule has 4 heteroatoms. The van der Waals surface area contributed by atoms with Gasteiger partial charge in [-0.25, -0.2) is 0 Å². The Kier molecular flexibility index (Phi) is 9.85. The van der Waals surface area contributed by atoms with E-state index in [1.54, 1.807) is 0 Å². The number of amidine groups is 1. The molecule has 0 aromatic heterocycles. The van der Waals surface area contributed by atoms with Crippen LogP contribution in [-0.2, 0) is 0 Å². The highest BCUT2D eigenvalue weighted by Gasteiger charge is 2.14. The zero-order valence-corrected chi connectivity index (χ0v) is 10.6. The van der Waals surface area contributed by atoms with Crippen molar-refractivity contribution in [2.45, 2.75) is 52.0 Å². The molecule has 1 aliphatic carbocycles. The Bertz CT molecular complexity index is 154. The first kappa shape index (κ1) is 16.5. The smallest absolute Gasteiger partial charge is 0.0959 e. The lowest BCUT2D eigenvalue weighted by Crippen LogP contribution is -2.38. The third-order valence-corrected chi connectivity index (χ3v) is 2.54. The number of halogens is 2. The van der Waals surface area contributed by atoms with E-state index in [9.17, 15) is 0 Å². The van der Waals surface area contributed by atoms with Crippen molar-refractivity contribution in [2.75, 3.05) is 0 Å². The van der Waals surface area contributed by atoms with Crippen molar-refractivity contribution in [3.8, 4) is 0 Å². The van der Waals surface area contributed by atoms with Crippen molar-refractivity contribution in [1.29, 1.82) is 5.41 Å². The minimum absolute atomic E-state index is 0. The molecule has 0 unspecified atom stereocenters. The highest BCUT2D eigenvalue weighted by Crippen LogP contribution is 2.17. The van der Waals surface area contributed by atoms with E-state index in [1.165, 1.54) is 32.1 Å². The lowest BCUT2D eigenvalue weighted by molar-refractivity contribution is 0.408. The summed E-state index contributed by atoms with van der Waals surface area (Å²) in [5.41, 5.74) is 0. The Morgan fingerprint density at radius 1 is 1.14 bits per heavy atom. The third kappa shape index (κ3) is 5.71. The number of hydrogen-bond acceptors (Lipinski definition) is 1. The summed E-state index contributed by atoms with van der Waals surface area (Å²) in [6.45, 7) is 4.14. The second kappa shape index (κ2) is 8.37. The van der Waals surface area contributed by atoms with E-state index in [1.807, 2.05) is 0 Å². The predicted octanol–water partition coefficient (Wildman–Crippen LogP) is 3.39. The fraction of sp³-hybridized carbons (Fsp3) is 0.900. The van der Waals surface area contributed by atoms with Gasteiger partial charge in [-0.2, -0.15) is 0 Å². The molecular weight excluding hydrogens is 219 g/mol. The van der Waals surface area contributed by atoms with E-state index in [4.69, 9.17) is 5.41 Å². The molecule has 1 aliphatic rings. The van der Waals surface area contributed by atoms with Crippen molar-refractivity contribution in [2.24, 2.45) is 5.92 Å². The van der Waals surface area contributed by atoms with E-state index >= 15 is 0 Å². The van der Waals surface area contributed by atoms with Crippen LogP contribution in [0.25, 0.3) is 0 Å².